The molecule has 1 heterocycles. The van der Waals surface area contributed by atoms with Crippen LogP contribution in [0.15, 0.2) is 42.7 Å². The predicted molar refractivity (Wildman–Crippen MR) is 63.6 cm³/mol. The summed E-state index contributed by atoms with van der Waals surface area (Å²) in [5, 5.41) is 0. The summed E-state index contributed by atoms with van der Waals surface area (Å²) in [6.07, 6.45) is -1.39. The standard InChI is InChI=1S/C13H11F3N2O/c14-13(15,16)10-2-1-3-11(6-10)19-12-4-5-18-8-9(12)7-17/h1-6,8H,7,17H2. The lowest BCUT2D eigenvalue weighted by atomic mass is 10.2. The first kappa shape index (κ1) is 13.4. The van der Waals surface area contributed by atoms with Gasteiger partial charge >= 0.3 is 6.18 Å². The number of rotatable bonds is 3. The molecule has 0 radical (unpaired) electrons. The van der Waals surface area contributed by atoms with Gasteiger partial charge in [-0.25, -0.2) is 0 Å². The van der Waals surface area contributed by atoms with Crippen molar-refractivity contribution in [2.75, 3.05) is 0 Å². The van der Waals surface area contributed by atoms with Crippen LogP contribution in [0.1, 0.15) is 11.1 Å². The van der Waals surface area contributed by atoms with Crippen molar-refractivity contribution >= 4 is 0 Å². The van der Waals surface area contributed by atoms with Crippen molar-refractivity contribution in [1.82, 2.24) is 4.98 Å². The highest BCUT2D eigenvalue weighted by molar-refractivity contribution is 5.37. The van der Waals surface area contributed by atoms with Crippen molar-refractivity contribution < 1.29 is 17.9 Å². The van der Waals surface area contributed by atoms with Crippen molar-refractivity contribution in [3.63, 3.8) is 0 Å². The number of hydrogen-bond acceptors (Lipinski definition) is 3. The van der Waals surface area contributed by atoms with Gasteiger partial charge in [-0.2, -0.15) is 13.2 Å². The number of nitrogens with zero attached hydrogens (tertiary/aromatic N) is 1. The molecule has 2 aromatic rings. The number of pyridine rings is 1. The molecule has 2 rings (SSSR count). The summed E-state index contributed by atoms with van der Waals surface area (Å²) in [6.45, 7) is 0.197. The van der Waals surface area contributed by atoms with Crippen LogP contribution in [-0.4, -0.2) is 4.98 Å². The zero-order chi connectivity index (χ0) is 13.9. The zero-order valence-electron chi connectivity index (χ0n) is 9.82. The molecule has 0 saturated carbocycles. The Labute approximate surface area is 107 Å². The summed E-state index contributed by atoms with van der Waals surface area (Å²) in [4.78, 5) is 3.87. The fourth-order valence-electron chi connectivity index (χ4n) is 1.53. The lowest BCUT2D eigenvalue weighted by Crippen LogP contribution is -2.05. The van der Waals surface area contributed by atoms with Crippen LogP contribution in [0.3, 0.4) is 0 Å². The maximum absolute atomic E-state index is 12.6. The van der Waals surface area contributed by atoms with Gasteiger partial charge in [-0.15, -0.1) is 0 Å². The zero-order valence-corrected chi connectivity index (χ0v) is 9.82. The average Bonchev–Trinajstić information content (AvgIpc) is 2.39. The van der Waals surface area contributed by atoms with E-state index in [0.29, 0.717) is 11.3 Å². The highest BCUT2D eigenvalue weighted by Gasteiger charge is 2.30. The van der Waals surface area contributed by atoms with E-state index in [4.69, 9.17) is 10.5 Å². The summed E-state index contributed by atoms with van der Waals surface area (Å²) in [5.74, 6) is 0.507. The Bertz CT molecular complexity index is 570. The summed E-state index contributed by atoms with van der Waals surface area (Å²) >= 11 is 0. The third-order valence-corrected chi connectivity index (χ3v) is 2.47. The third-order valence-electron chi connectivity index (χ3n) is 2.47. The molecule has 2 N–H and O–H groups in total. The lowest BCUT2D eigenvalue weighted by molar-refractivity contribution is -0.137. The van der Waals surface area contributed by atoms with Gasteiger partial charge in [0.2, 0.25) is 0 Å². The highest BCUT2D eigenvalue weighted by atomic mass is 19.4. The fraction of sp³-hybridized carbons (Fsp3) is 0.154. The van der Waals surface area contributed by atoms with Gasteiger partial charge in [0.25, 0.3) is 0 Å². The molecule has 0 amide bonds. The highest BCUT2D eigenvalue weighted by Crippen LogP contribution is 2.33. The number of halogens is 3. The summed E-state index contributed by atoms with van der Waals surface area (Å²) in [6, 6.07) is 6.24. The van der Waals surface area contributed by atoms with Gasteiger partial charge in [-0.05, 0) is 24.3 Å². The molecule has 0 atom stereocenters. The van der Waals surface area contributed by atoms with Crippen LogP contribution in [0.25, 0.3) is 0 Å². The van der Waals surface area contributed by atoms with E-state index >= 15 is 0 Å². The van der Waals surface area contributed by atoms with Crippen LogP contribution in [-0.2, 0) is 12.7 Å². The van der Waals surface area contributed by atoms with Crippen molar-refractivity contribution in [3.05, 3.63) is 53.9 Å². The minimum Gasteiger partial charge on any atom is -0.457 e. The molecule has 0 aliphatic rings. The SMILES string of the molecule is NCc1cnccc1Oc1cccc(C(F)(F)F)c1. The summed E-state index contributed by atoms with van der Waals surface area (Å²) < 4.78 is 43.1. The normalized spacial score (nSPS) is 11.4. The molecule has 3 nitrogen and oxygen atoms in total. The van der Waals surface area contributed by atoms with Crippen molar-refractivity contribution in [2.45, 2.75) is 12.7 Å². The number of aromatic nitrogens is 1. The van der Waals surface area contributed by atoms with Crippen molar-refractivity contribution in [2.24, 2.45) is 5.73 Å². The number of ether oxygens (including phenoxy) is 1. The number of benzene rings is 1. The van der Waals surface area contributed by atoms with Crippen LogP contribution in [0.2, 0.25) is 0 Å². The Morgan fingerprint density at radius 2 is 2.00 bits per heavy atom. The van der Waals surface area contributed by atoms with E-state index < -0.39 is 11.7 Å². The largest absolute Gasteiger partial charge is 0.457 e. The quantitative estimate of drug-likeness (QED) is 0.928. The molecule has 1 aromatic heterocycles. The van der Waals surface area contributed by atoms with Gasteiger partial charge in [0.1, 0.15) is 11.5 Å². The van der Waals surface area contributed by atoms with E-state index in [0.717, 1.165) is 12.1 Å². The van der Waals surface area contributed by atoms with E-state index in [1.54, 1.807) is 6.07 Å². The maximum atomic E-state index is 12.6. The molecule has 0 aliphatic heterocycles. The molecule has 0 aliphatic carbocycles. The van der Waals surface area contributed by atoms with Gasteiger partial charge in [0.15, 0.2) is 0 Å². The summed E-state index contributed by atoms with van der Waals surface area (Å²) in [7, 11) is 0. The van der Waals surface area contributed by atoms with E-state index in [-0.39, 0.29) is 12.3 Å². The van der Waals surface area contributed by atoms with Gasteiger partial charge < -0.3 is 10.5 Å². The van der Waals surface area contributed by atoms with Crippen LogP contribution in [0.4, 0.5) is 13.2 Å². The number of nitrogens with two attached hydrogens (primary N) is 1. The molecule has 100 valence electrons. The van der Waals surface area contributed by atoms with Gasteiger partial charge in [0.05, 0.1) is 5.56 Å². The van der Waals surface area contributed by atoms with Crippen LogP contribution >= 0.6 is 0 Å². The topological polar surface area (TPSA) is 48.1 Å². The van der Waals surface area contributed by atoms with E-state index in [2.05, 4.69) is 4.98 Å². The lowest BCUT2D eigenvalue weighted by Gasteiger charge is -2.11. The molecule has 0 bridgehead atoms. The van der Waals surface area contributed by atoms with Crippen LogP contribution < -0.4 is 10.5 Å². The molecule has 6 heteroatoms. The van der Waals surface area contributed by atoms with E-state index in [1.807, 2.05) is 0 Å². The molecule has 0 fully saturated rings. The fourth-order valence-corrected chi connectivity index (χ4v) is 1.53. The van der Waals surface area contributed by atoms with E-state index in [1.165, 1.54) is 24.5 Å². The Balaban J connectivity index is 2.29. The van der Waals surface area contributed by atoms with Crippen molar-refractivity contribution in [1.29, 1.82) is 0 Å². The minimum atomic E-state index is -4.39. The Morgan fingerprint density at radius 1 is 1.21 bits per heavy atom. The van der Waals surface area contributed by atoms with E-state index in [9.17, 15) is 13.2 Å². The molecule has 0 unspecified atom stereocenters. The Morgan fingerprint density at radius 3 is 2.68 bits per heavy atom. The first-order valence-electron chi connectivity index (χ1n) is 5.49. The smallest absolute Gasteiger partial charge is 0.416 e. The maximum Gasteiger partial charge on any atom is 0.416 e. The Kier molecular flexibility index (Phi) is 3.71. The van der Waals surface area contributed by atoms with Crippen LogP contribution in [0, 0.1) is 0 Å². The molecule has 0 saturated heterocycles. The first-order chi connectivity index (χ1) is 9.00. The monoisotopic (exact) mass is 268 g/mol. The predicted octanol–water partition coefficient (Wildman–Crippen LogP) is 3.35. The minimum absolute atomic E-state index is 0.107. The Hall–Kier alpha value is -2.08. The molecular formula is C13H11F3N2O. The second kappa shape index (κ2) is 5.27. The first-order valence-corrected chi connectivity index (χ1v) is 5.49. The molecule has 19 heavy (non-hydrogen) atoms. The average molecular weight is 268 g/mol. The molecule has 0 spiro atoms. The van der Waals surface area contributed by atoms with Crippen LogP contribution in [0.5, 0.6) is 11.5 Å². The summed E-state index contributed by atoms with van der Waals surface area (Å²) in [5.41, 5.74) is 5.37. The third kappa shape index (κ3) is 3.23. The van der Waals surface area contributed by atoms with Gasteiger partial charge in [-0.1, -0.05) is 6.07 Å². The molecule has 1 aromatic carbocycles. The van der Waals surface area contributed by atoms with Crippen molar-refractivity contribution in [3.8, 4) is 11.5 Å². The van der Waals surface area contributed by atoms with Gasteiger partial charge in [-0.3, -0.25) is 4.98 Å². The second-order valence-corrected chi connectivity index (χ2v) is 3.82. The molecular weight excluding hydrogens is 257 g/mol. The number of hydrogen-bond donors (Lipinski definition) is 1. The number of alkyl halides is 3. The van der Waals surface area contributed by atoms with Gasteiger partial charge in [0, 0.05) is 24.5 Å². The second-order valence-electron chi connectivity index (χ2n) is 3.82.